The minimum Gasteiger partial charge on any atom is -0.311 e. The zero-order valence-electron chi connectivity index (χ0n) is 38.4. The van der Waals surface area contributed by atoms with Crippen molar-refractivity contribution in [3.05, 3.63) is 186 Å². The summed E-state index contributed by atoms with van der Waals surface area (Å²) in [6.07, 6.45) is 0. The number of thiophene rings is 1. The summed E-state index contributed by atoms with van der Waals surface area (Å²) in [7, 11) is 0. The Bertz CT molecular complexity index is 3410. The van der Waals surface area contributed by atoms with Crippen molar-refractivity contribution in [2.75, 3.05) is 9.80 Å². The summed E-state index contributed by atoms with van der Waals surface area (Å²) in [6.45, 7) is 21.1. The highest BCUT2D eigenvalue weighted by Gasteiger charge is 2.45. The third-order valence-corrected chi connectivity index (χ3v) is 15.7. The van der Waals surface area contributed by atoms with E-state index in [1.165, 1.54) is 121 Å². The van der Waals surface area contributed by atoms with Crippen LogP contribution in [0.5, 0.6) is 0 Å². The zero-order valence-corrected chi connectivity index (χ0v) is 39.2. The van der Waals surface area contributed by atoms with E-state index < -0.39 is 0 Å². The van der Waals surface area contributed by atoms with Gasteiger partial charge in [0.25, 0.3) is 6.71 Å². The molecule has 1 aliphatic carbocycles. The predicted molar refractivity (Wildman–Crippen MR) is 278 cm³/mol. The number of benzene rings is 8. The number of hydrogen-bond acceptors (Lipinski definition) is 3. The fraction of sp³-hybridized carbons (Fsp3) is 0.200. The van der Waals surface area contributed by atoms with Gasteiger partial charge in [0.15, 0.2) is 0 Å². The molecule has 0 radical (unpaired) electrons. The van der Waals surface area contributed by atoms with E-state index in [1.807, 2.05) is 11.3 Å². The van der Waals surface area contributed by atoms with Crippen LogP contribution in [0.2, 0.25) is 0 Å². The second kappa shape index (κ2) is 13.6. The maximum absolute atomic E-state index is 2.61. The van der Waals surface area contributed by atoms with E-state index in [-0.39, 0.29) is 23.0 Å². The largest absolute Gasteiger partial charge is 0.311 e. The third kappa shape index (κ3) is 5.71. The maximum Gasteiger partial charge on any atom is 0.252 e. The van der Waals surface area contributed by atoms with E-state index in [1.54, 1.807) is 0 Å². The molecule has 0 N–H and O–H groups in total. The molecule has 64 heavy (non-hydrogen) atoms. The molecule has 0 unspecified atom stereocenters. The van der Waals surface area contributed by atoms with Crippen LogP contribution in [0.4, 0.5) is 34.1 Å². The molecule has 2 aliphatic heterocycles. The number of fused-ring (bicyclic) bond motifs is 10. The van der Waals surface area contributed by atoms with Crippen LogP contribution < -0.4 is 26.2 Å². The predicted octanol–water partition coefficient (Wildman–Crippen LogP) is 15.0. The van der Waals surface area contributed by atoms with E-state index in [4.69, 9.17) is 0 Å². The Morgan fingerprint density at radius 3 is 1.72 bits per heavy atom. The molecule has 0 atom stereocenters. The summed E-state index contributed by atoms with van der Waals surface area (Å²) in [5, 5.41) is 2.67. The van der Waals surface area contributed by atoms with Crippen LogP contribution in [0.25, 0.3) is 42.4 Å². The summed E-state index contributed by atoms with van der Waals surface area (Å²) < 4.78 is 2.66. The van der Waals surface area contributed by atoms with Crippen molar-refractivity contribution < 1.29 is 0 Å². The first-order valence-corrected chi connectivity index (χ1v) is 23.8. The van der Waals surface area contributed by atoms with Crippen molar-refractivity contribution in [2.45, 2.75) is 78.6 Å². The highest BCUT2D eigenvalue weighted by atomic mass is 32.1. The number of nitrogens with zero attached hydrogens (tertiary/aromatic N) is 2. The zero-order chi connectivity index (χ0) is 44.0. The second-order valence-electron chi connectivity index (χ2n) is 21.1. The molecule has 0 fully saturated rings. The molecule has 1 aromatic heterocycles. The van der Waals surface area contributed by atoms with Crippen LogP contribution in [0.3, 0.4) is 0 Å². The smallest absolute Gasteiger partial charge is 0.252 e. The van der Waals surface area contributed by atoms with Crippen LogP contribution in [-0.2, 0) is 16.2 Å². The van der Waals surface area contributed by atoms with Crippen LogP contribution >= 0.6 is 11.3 Å². The Balaban J connectivity index is 1.09. The average Bonchev–Trinajstić information content (AvgIpc) is 3.77. The Labute approximate surface area is 382 Å². The van der Waals surface area contributed by atoms with Crippen molar-refractivity contribution in [1.29, 1.82) is 0 Å². The quantitative estimate of drug-likeness (QED) is 0.164. The fourth-order valence-corrected chi connectivity index (χ4v) is 12.4. The second-order valence-corrected chi connectivity index (χ2v) is 22.2. The van der Waals surface area contributed by atoms with Crippen LogP contribution in [0, 0.1) is 6.92 Å². The van der Waals surface area contributed by atoms with Gasteiger partial charge < -0.3 is 9.80 Å². The van der Waals surface area contributed by atoms with Gasteiger partial charge in [0.2, 0.25) is 0 Å². The Morgan fingerprint density at radius 1 is 0.484 bits per heavy atom. The maximum atomic E-state index is 2.61. The molecular formula is C60H53BN2S. The molecule has 3 heterocycles. The molecule has 4 heteroatoms. The van der Waals surface area contributed by atoms with Crippen molar-refractivity contribution in [2.24, 2.45) is 0 Å². The normalized spacial score (nSPS) is 14.7. The molecule has 3 aliphatic rings. The lowest BCUT2D eigenvalue weighted by Gasteiger charge is -2.45. The van der Waals surface area contributed by atoms with Crippen LogP contribution in [-0.4, -0.2) is 6.71 Å². The fourth-order valence-electron chi connectivity index (χ4n) is 11.3. The molecule has 12 rings (SSSR count). The molecular weight excluding hydrogens is 792 g/mol. The Hall–Kier alpha value is -6.36. The van der Waals surface area contributed by atoms with Crippen molar-refractivity contribution in [3.63, 3.8) is 0 Å². The highest BCUT2D eigenvalue weighted by molar-refractivity contribution is 7.26. The number of rotatable bonds is 3. The van der Waals surface area contributed by atoms with Crippen molar-refractivity contribution in [1.82, 2.24) is 0 Å². The molecule has 2 nitrogen and oxygen atoms in total. The first-order valence-electron chi connectivity index (χ1n) is 23.0. The summed E-state index contributed by atoms with van der Waals surface area (Å²) in [4.78, 5) is 5.18. The van der Waals surface area contributed by atoms with Gasteiger partial charge in [0.1, 0.15) is 0 Å². The number of hydrogen-bond donors (Lipinski definition) is 0. The van der Waals surface area contributed by atoms with Gasteiger partial charge in [-0.15, -0.1) is 11.3 Å². The topological polar surface area (TPSA) is 6.48 Å². The highest BCUT2D eigenvalue weighted by Crippen LogP contribution is 2.52. The SMILES string of the molecule is Cc1cc2c3c(c1)N(c1ccc4c(c1)C(C)(C)c1ccccc1-4)c1cc(C(C)(C)C)ccc1B3c1ccc(C(C)(C)C)cc1N2c1ccc(-c2cccc3sc4ccccc4c23)cc1. The lowest BCUT2D eigenvalue weighted by Crippen LogP contribution is -2.61. The van der Waals surface area contributed by atoms with E-state index >= 15 is 0 Å². The van der Waals surface area contributed by atoms with Gasteiger partial charge in [-0.2, -0.15) is 0 Å². The lowest BCUT2D eigenvalue weighted by atomic mass is 9.33. The summed E-state index contributed by atoms with van der Waals surface area (Å²) in [5.41, 5.74) is 23.2. The van der Waals surface area contributed by atoms with Gasteiger partial charge in [0, 0.05) is 59.7 Å². The van der Waals surface area contributed by atoms with Gasteiger partial charge in [-0.25, -0.2) is 0 Å². The standard InChI is InChI=1S/C60H53BN2S/c1-36-31-52-57-53(32-36)63(41-27-28-44-43-15-10-12-18-46(43)60(8,9)47(44)35-41)51-34-39(59(5,6)7)24-30-49(51)61(57)48-29-23-38(58(2,3)4)33-50(48)62(52)40-25-21-37(22-26-40)42-17-14-20-55-56(42)45-16-11-13-19-54(45)64-55/h10-35H,1-9H3. The van der Waals surface area contributed by atoms with E-state index in [0.717, 1.165) is 0 Å². The van der Waals surface area contributed by atoms with Gasteiger partial charge in [-0.1, -0.05) is 152 Å². The van der Waals surface area contributed by atoms with Crippen molar-refractivity contribution >= 4 is 88.7 Å². The molecule has 0 saturated carbocycles. The molecule has 0 spiro atoms. The van der Waals surface area contributed by atoms with E-state index in [9.17, 15) is 0 Å². The first-order chi connectivity index (χ1) is 30.7. The first kappa shape index (κ1) is 39.3. The van der Waals surface area contributed by atoms with Crippen LogP contribution in [0.15, 0.2) is 158 Å². The monoisotopic (exact) mass is 844 g/mol. The molecule has 312 valence electrons. The van der Waals surface area contributed by atoms with Gasteiger partial charge in [-0.05, 0) is 145 Å². The summed E-state index contributed by atoms with van der Waals surface area (Å²) in [5.74, 6) is 0. The summed E-state index contributed by atoms with van der Waals surface area (Å²) in [6, 6.07) is 60.8. The van der Waals surface area contributed by atoms with E-state index in [0.29, 0.717) is 0 Å². The molecule has 0 amide bonds. The lowest BCUT2D eigenvalue weighted by molar-refractivity contribution is 0.590. The van der Waals surface area contributed by atoms with Gasteiger partial charge in [0.05, 0.1) is 0 Å². The Kier molecular flexibility index (Phi) is 8.33. The summed E-state index contributed by atoms with van der Waals surface area (Å²) >= 11 is 1.88. The molecule has 8 aromatic carbocycles. The minimum absolute atomic E-state index is 0.0165. The molecule has 0 bridgehead atoms. The van der Waals surface area contributed by atoms with Gasteiger partial charge >= 0.3 is 0 Å². The Morgan fingerprint density at radius 2 is 1.05 bits per heavy atom. The minimum atomic E-state index is -0.114. The number of anilines is 6. The average molecular weight is 845 g/mol. The third-order valence-electron chi connectivity index (χ3n) is 14.6. The van der Waals surface area contributed by atoms with Gasteiger partial charge in [-0.3, -0.25) is 0 Å². The number of aryl methyl sites for hydroxylation is 1. The van der Waals surface area contributed by atoms with E-state index in [2.05, 4.69) is 230 Å². The molecule has 0 saturated heterocycles. The molecule has 9 aromatic rings. The van der Waals surface area contributed by atoms with Crippen LogP contribution in [0.1, 0.15) is 83.2 Å². The van der Waals surface area contributed by atoms with Crippen molar-refractivity contribution in [3.8, 4) is 22.3 Å².